The summed E-state index contributed by atoms with van der Waals surface area (Å²) in [4.78, 5) is 0. The Labute approximate surface area is 146 Å². The summed E-state index contributed by atoms with van der Waals surface area (Å²) in [5.41, 5.74) is 2.72. The first-order valence-corrected chi connectivity index (χ1v) is 9.85. The van der Waals surface area contributed by atoms with Gasteiger partial charge >= 0.3 is 0 Å². The van der Waals surface area contributed by atoms with Gasteiger partial charge in [-0.05, 0) is 35.9 Å². The molecule has 0 radical (unpaired) electrons. The molecule has 1 aliphatic rings. The zero-order valence-corrected chi connectivity index (χ0v) is 14.5. The van der Waals surface area contributed by atoms with Crippen molar-refractivity contribution < 1.29 is 13.5 Å². The fourth-order valence-electron chi connectivity index (χ4n) is 2.70. The molecule has 2 atom stereocenters. The summed E-state index contributed by atoms with van der Waals surface area (Å²) < 4.78 is 23.0. The molecule has 128 valence electrons. The van der Waals surface area contributed by atoms with Gasteiger partial charge in [-0.3, -0.25) is 0 Å². The molecule has 0 aliphatic carbocycles. The van der Waals surface area contributed by atoms with Crippen LogP contribution in [0.5, 0.6) is 0 Å². The van der Waals surface area contributed by atoms with E-state index in [-0.39, 0.29) is 11.5 Å². The molecule has 0 bridgehead atoms. The minimum Gasteiger partial charge on any atom is -0.390 e. The molecule has 24 heavy (non-hydrogen) atoms. The second-order valence-electron chi connectivity index (χ2n) is 5.92. The molecular weight excluding hydrogens is 348 g/mol. The lowest BCUT2D eigenvalue weighted by atomic mass is 10.2. The molecular formula is C17H19ClN2O3S. The van der Waals surface area contributed by atoms with E-state index in [1.54, 1.807) is 0 Å². The van der Waals surface area contributed by atoms with Crippen LogP contribution in [-0.4, -0.2) is 37.2 Å². The summed E-state index contributed by atoms with van der Waals surface area (Å²) in [6, 6.07) is 14.7. The Kier molecular flexibility index (Phi) is 4.99. The lowest BCUT2D eigenvalue weighted by Crippen LogP contribution is -2.31. The highest BCUT2D eigenvalue weighted by molar-refractivity contribution is 7.91. The number of rotatable bonds is 5. The van der Waals surface area contributed by atoms with Gasteiger partial charge in [0.15, 0.2) is 9.84 Å². The van der Waals surface area contributed by atoms with Crippen LogP contribution in [0.4, 0.5) is 11.4 Å². The number of hydrogen-bond acceptors (Lipinski definition) is 5. The lowest BCUT2D eigenvalue weighted by molar-refractivity contribution is 0.190. The van der Waals surface area contributed by atoms with E-state index in [1.165, 1.54) is 0 Å². The third-order valence-electron chi connectivity index (χ3n) is 4.00. The van der Waals surface area contributed by atoms with Gasteiger partial charge in [0.05, 0.1) is 23.7 Å². The zero-order valence-electron chi connectivity index (χ0n) is 12.9. The van der Waals surface area contributed by atoms with Crippen LogP contribution < -0.4 is 10.6 Å². The largest absolute Gasteiger partial charge is 0.390 e. The van der Waals surface area contributed by atoms with Crippen LogP contribution in [0, 0.1) is 0 Å². The monoisotopic (exact) mass is 366 g/mol. The van der Waals surface area contributed by atoms with Crippen LogP contribution in [0.3, 0.4) is 0 Å². The third-order valence-corrected chi connectivity index (χ3v) is 6.09. The van der Waals surface area contributed by atoms with Gasteiger partial charge < -0.3 is 15.7 Å². The molecule has 5 nitrogen and oxygen atoms in total. The second-order valence-corrected chi connectivity index (χ2v) is 8.48. The Morgan fingerprint density at radius 2 is 1.71 bits per heavy atom. The van der Waals surface area contributed by atoms with Gasteiger partial charge in [0.25, 0.3) is 0 Å². The summed E-state index contributed by atoms with van der Waals surface area (Å²) in [7, 11) is -3.15. The van der Waals surface area contributed by atoms with Crippen LogP contribution in [-0.2, 0) is 16.4 Å². The Balaban J connectivity index is 1.59. The predicted octanol–water partition coefficient (Wildman–Crippen LogP) is 2.52. The van der Waals surface area contributed by atoms with Gasteiger partial charge in [-0.15, -0.1) is 0 Å². The highest BCUT2D eigenvalue weighted by Gasteiger charge is 2.36. The van der Waals surface area contributed by atoms with E-state index in [0.29, 0.717) is 6.54 Å². The van der Waals surface area contributed by atoms with Crippen LogP contribution in [0.2, 0.25) is 5.02 Å². The molecule has 0 spiro atoms. The number of nitrogens with one attached hydrogen (secondary N) is 2. The fourth-order valence-corrected chi connectivity index (χ4v) is 4.65. The van der Waals surface area contributed by atoms with Crippen molar-refractivity contribution in [1.82, 2.24) is 0 Å². The zero-order chi connectivity index (χ0) is 17.2. The predicted molar refractivity (Wildman–Crippen MR) is 97.3 cm³/mol. The van der Waals surface area contributed by atoms with Gasteiger partial charge in [0, 0.05) is 22.9 Å². The molecule has 1 aliphatic heterocycles. The maximum absolute atomic E-state index is 11.5. The SMILES string of the molecule is O=S1(=O)C[C@H](Nc2ccc(NCc3ccccc3Cl)cc2)[C@@H](O)C1. The van der Waals surface area contributed by atoms with Crippen molar-refractivity contribution in [3.63, 3.8) is 0 Å². The van der Waals surface area contributed by atoms with E-state index in [0.717, 1.165) is 22.0 Å². The van der Waals surface area contributed by atoms with E-state index in [1.807, 2.05) is 48.5 Å². The molecule has 2 aromatic carbocycles. The third kappa shape index (κ3) is 4.20. The average molecular weight is 367 g/mol. The maximum atomic E-state index is 11.5. The minimum atomic E-state index is -3.15. The number of halogens is 1. The van der Waals surface area contributed by atoms with Crippen molar-refractivity contribution in [2.45, 2.75) is 18.7 Å². The number of anilines is 2. The van der Waals surface area contributed by atoms with Gasteiger partial charge in [-0.2, -0.15) is 0 Å². The lowest BCUT2D eigenvalue weighted by Gasteiger charge is -2.16. The van der Waals surface area contributed by atoms with Gasteiger partial charge in [0.1, 0.15) is 0 Å². The molecule has 1 fully saturated rings. The highest BCUT2D eigenvalue weighted by atomic mass is 35.5. The molecule has 1 saturated heterocycles. The summed E-state index contributed by atoms with van der Waals surface area (Å²) >= 11 is 6.12. The summed E-state index contributed by atoms with van der Waals surface area (Å²) in [5, 5.41) is 16.9. The molecule has 3 rings (SSSR count). The van der Waals surface area contributed by atoms with Gasteiger partial charge in [0.2, 0.25) is 0 Å². The first-order valence-electron chi connectivity index (χ1n) is 7.65. The van der Waals surface area contributed by atoms with Crippen LogP contribution in [0.15, 0.2) is 48.5 Å². The maximum Gasteiger partial charge on any atom is 0.155 e. The van der Waals surface area contributed by atoms with Crippen LogP contribution >= 0.6 is 11.6 Å². The molecule has 0 saturated carbocycles. The highest BCUT2D eigenvalue weighted by Crippen LogP contribution is 2.21. The Bertz CT molecular complexity index is 809. The second kappa shape index (κ2) is 7.01. The summed E-state index contributed by atoms with van der Waals surface area (Å²) in [5.74, 6) is -0.219. The van der Waals surface area contributed by atoms with E-state index in [4.69, 9.17) is 11.6 Å². The van der Waals surface area contributed by atoms with Gasteiger partial charge in [-0.1, -0.05) is 29.8 Å². The summed E-state index contributed by atoms with van der Waals surface area (Å²) in [6.07, 6.45) is -0.868. The molecule has 7 heteroatoms. The minimum absolute atomic E-state index is 0.0410. The molecule has 0 unspecified atom stereocenters. The van der Waals surface area contributed by atoms with E-state index in [2.05, 4.69) is 10.6 Å². The average Bonchev–Trinajstić information content (AvgIpc) is 2.80. The van der Waals surface area contributed by atoms with Crippen molar-refractivity contribution in [1.29, 1.82) is 0 Å². The Morgan fingerprint density at radius 1 is 1.04 bits per heavy atom. The van der Waals surface area contributed by atoms with Crippen molar-refractivity contribution in [3.05, 3.63) is 59.1 Å². The number of sulfone groups is 1. The molecule has 0 amide bonds. The smallest absolute Gasteiger partial charge is 0.155 e. The van der Waals surface area contributed by atoms with Crippen LogP contribution in [0.25, 0.3) is 0 Å². The van der Waals surface area contributed by atoms with Crippen molar-refractivity contribution in [3.8, 4) is 0 Å². The number of aliphatic hydroxyl groups is 1. The van der Waals surface area contributed by atoms with Crippen molar-refractivity contribution in [2.75, 3.05) is 22.1 Å². The first kappa shape index (κ1) is 17.1. The van der Waals surface area contributed by atoms with E-state index in [9.17, 15) is 13.5 Å². The van der Waals surface area contributed by atoms with Gasteiger partial charge in [-0.25, -0.2) is 8.42 Å². The first-order chi connectivity index (χ1) is 11.4. The Morgan fingerprint density at radius 3 is 2.33 bits per heavy atom. The van der Waals surface area contributed by atoms with Crippen LogP contribution in [0.1, 0.15) is 5.56 Å². The summed E-state index contributed by atoms with van der Waals surface area (Å²) in [6.45, 7) is 0.617. The van der Waals surface area contributed by atoms with E-state index < -0.39 is 22.0 Å². The molecule has 1 heterocycles. The number of hydrogen-bond donors (Lipinski definition) is 3. The standard InChI is InChI=1S/C17H19ClN2O3S/c18-15-4-2-1-3-12(15)9-19-13-5-7-14(8-6-13)20-16-10-24(22,23)11-17(16)21/h1-8,16-17,19-21H,9-11H2/t16-,17-/m0/s1. The topological polar surface area (TPSA) is 78.4 Å². The van der Waals surface area contributed by atoms with Crippen molar-refractivity contribution >= 4 is 32.8 Å². The molecule has 0 aromatic heterocycles. The van der Waals surface area contributed by atoms with Crippen molar-refractivity contribution in [2.24, 2.45) is 0 Å². The normalized spacial score (nSPS) is 22.2. The van der Waals surface area contributed by atoms with E-state index >= 15 is 0 Å². The quantitative estimate of drug-likeness (QED) is 0.757. The Hall–Kier alpha value is -1.76. The number of aliphatic hydroxyl groups excluding tert-OH is 1. The molecule has 2 aromatic rings. The fraction of sp³-hybridized carbons (Fsp3) is 0.294. The number of benzene rings is 2. The molecule has 3 N–H and O–H groups in total.